The largest absolute Gasteiger partial charge is 0.494 e. The minimum absolute atomic E-state index is 0.0213. The number of sulfonamides is 1. The second-order valence-corrected chi connectivity index (χ2v) is 11.1. The van der Waals surface area contributed by atoms with Gasteiger partial charge in [-0.15, -0.1) is 11.3 Å². The molecule has 0 amide bonds. The summed E-state index contributed by atoms with van der Waals surface area (Å²) in [6.07, 6.45) is 0.299. The van der Waals surface area contributed by atoms with E-state index in [1.165, 1.54) is 5.51 Å². The molecule has 35 heavy (non-hydrogen) atoms. The first-order valence-corrected chi connectivity index (χ1v) is 12.9. The summed E-state index contributed by atoms with van der Waals surface area (Å²) in [6, 6.07) is 9.79. The van der Waals surface area contributed by atoms with E-state index in [2.05, 4.69) is 4.98 Å². The lowest BCUT2D eigenvalue weighted by Gasteiger charge is -2.25. The molecule has 0 saturated heterocycles. The van der Waals surface area contributed by atoms with Gasteiger partial charge in [-0.25, -0.2) is 22.6 Å². The van der Waals surface area contributed by atoms with Crippen molar-refractivity contribution in [2.45, 2.75) is 44.7 Å². The molecule has 0 saturated carbocycles. The van der Waals surface area contributed by atoms with Gasteiger partial charge < -0.3 is 9.47 Å². The summed E-state index contributed by atoms with van der Waals surface area (Å²) in [5.41, 5.74) is 0.653. The van der Waals surface area contributed by atoms with Gasteiger partial charge >= 0.3 is 5.97 Å². The van der Waals surface area contributed by atoms with Gasteiger partial charge in [-0.05, 0) is 63.6 Å². The van der Waals surface area contributed by atoms with Crippen LogP contribution in [0.5, 0.6) is 5.75 Å². The average molecular weight is 521 g/mol. The zero-order valence-corrected chi connectivity index (χ0v) is 21.3. The van der Waals surface area contributed by atoms with Crippen LogP contribution in [-0.2, 0) is 21.3 Å². The molecule has 11 heteroatoms. The average Bonchev–Trinajstić information content (AvgIpc) is 3.27. The van der Waals surface area contributed by atoms with E-state index in [1.54, 1.807) is 45.0 Å². The van der Waals surface area contributed by atoms with Crippen molar-refractivity contribution in [1.82, 2.24) is 4.98 Å². The van der Waals surface area contributed by atoms with Crippen molar-refractivity contribution in [3.8, 4) is 5.75 Å². The SMILES string of the molecule is CCOc1ccc(CN(c2scnc2C(=O)OC(C)(C)C)S(=O)(=O)c2ccc(C=O)c(F)c2)cc1. The number of hydrogen-bond acceptors (Lipinski definition) is 8. The van der Waals surface area contributed by atoms with Crippen LogP contribution in [-0.4, -0.2) is 37.9 Å². The molecule has 0 radical (unpaired) electrons. The Bertz CT molecular complexity index is 1310. The molecule has 0 unspecified atom stereocenters. The highest BCUT2D eigenvalue weighted by molar-refractivity contribution is 7.93. The van der Waals surface area contributed by atoms with Crippen LogP contribution >= 0.6 is 11.3 Å². The fourth-order valence-corrected chi connectivity index (χ4v) is 5.55. The fraction of sp³-hybridized carbons (Fsp3) is 0.292. The number of carbonyl (C=O) groups excluding carboxylic acids is 2. The number of ether oxygens (including phenoxy) is 2. The Balaban J connectivity index is 2.10. The number of benzene rings is 2. The Morgan fingerprint density at radius 3 is 2.43 bits per heavy atom. The summed E-state index contributed by atoms with van der Waals surface area (Å²) in [7, 11) is -4.38. The third-order valence-electron chi connectivity index (χ3n) is 4.61. The number of aldehydes is 1. The summed E-state index contributed by atoms with van der Waals surface area (Å²) < 4.78 is 53.5. The second-order valence-electron chi connectivity index (χ2n) is 8.40. The third kappa shape index (κ3) is 6.23. The molecule has 3 rings (SSSR count). The summed E-state index contributed by atoms with van der Waals surface area (Å²) >= 11 is 0.936. The number of carbonyl (C=O) groups is 2. The van der Waals surface area contributed by atoms with Gasteiger partial charge in [0.1, 0.15) is 22.2 Å². The standard InChI is InChI=1S/C24H25FN2O6S2/c1-5-32-18-9-6-16(7-10-18)13-27(22-21(26-15-34-22)23(29)33-24(2,3)4)35(30,31)19-11-8-17(14-28)20(25)12-19/h6-12,14-15H,5,13H2,1-4H3. The molecule has 2 aromatic carbocycles. The highest BCUT2D eigenvalue weighted by Crippen LogP contribution is 2.34. The van der Waals surface area contributed by atoms with Crippen LogP contribution in [0.15, 0.2) is 52.9 Å². The Labute approximate surface area is 207 Å². The first kappa shape index (κ1) is 26.3. The predicted octanol–water partition coefficient (Wildman–Crippen LogP) is 4.84. The van der Waals surface area contributed by atoms with Crippen molar-refractivity contribution in [3.05, 3.63) is 70.6 Å². The van der Waals surface area contributed by atoms with Crippen molar-refractivity contribution in [2.75, 3.05) is 10.9 Å². The molecule has 0 fully saturated rings. The van der Waals surface area contributed by atoms with Crippen LogP contribution in [0.4, 0.5) is 9.39 Å². The van der Waals surface area contributed by atoms with Crippen LogP contribution < -0.4 is 9.04 Å². The molecule has 3 aromatic rings. The fourth-order valence-electron chi connectivity index (χ4n) is 3.06. The minimum atomic E-state index is -4.38. The Kier molecular flexibility index (Phi) is 7.91. The Morgan fingerprint density at radius 1 is 1.17 bits per heavy atom. The van der Waals surface area contributed by atoms with Crippen molar-refractivity contribution < 1.29 is 31.9 Å². The molecule has 186 valence electrons. The maximum atomic E-state index is 14.3. The number of nitrogens with zero attached hydrogens (tertiary/aromatic N) is 2. The smallest absolute Gasteiger partial charge is 0.360 e. The van der Waals surface area contributed by atoms with Crippen LogP contribution in [0.2, 0.25) is 0 Å². The third-order valence-corrected chi connectivity index (χ3v) is 7.32. The van der Waals surface area contributed by atoms with E-state index in [0.29, 0.717) is 24.2 Å². The van der Waals surface area contributed by atoms with Crippen molar-refractivity contribution >= 4 is 38.6 Å². The molecule has 0 atom stereocenters. The van der Waals surface area contributed by atoms with E-state index in [4.69, 9.17) is 9.47 Å². The van der Waals surface area contributed by atoms with Crippen molar-refractivity contribution in [1.29, 1.82) is 0 Å². The van der Waals surface area contributed by atoms with Gasteiger partial charge in [0.25, 0.3) is 10.0 Å². The molecule has 0 N–H and O–H groups in total. The molecule has 0 aliphatic heterocycles. The van der Waals surface area contributed by atoms with Gasteiger partial charge in [0.2, 0.25) is 0 Å². The molecular formula is C24H25FN2O6S2. The Morgan fingerprint density at radius 2 is 1.86 bits per heavy atom. The molecule has 8 nitrogen and oxygen atoms in total. The highest BCUT2D eigenvalue weighted by Gasteiger charge is 2.33. The summed E-state index contributed by atoms with van der Waals surface area (Å²) in [4.78, 5) is 27.5. The number of aromatic nitrogens is 1. The molecule has 0 bridgehead atoms. The Hall–Kier alpha value is -3.31. The van der Waals surface area contributed by atoms with E-state index in [1.807, 2.05) is 6.92 Å². The van der Waals surface area contributed by atoms with E-state index in [0.717, 1.165) is 33.8 Å². The number of esters is 1. The van der Waals surface area contributed by atoms with Gasteiger partial charge in [-0.3, -0.25) is 9.10 Å². The predicted molar refractivity (Wildman–Crippen MR) is 130 cm³/mol. The zero-order chi connectivity index (χ0) is 25.8. The number of hydrogen-bond donors (Lipinski definition) is 0. The van der Waals surface area contributed by atoms with Gasteiger partial charge in [-0.2, -0.15) is 0 Å². The minimum Gasteiger partial charge on any atom is -0.494 e. The van der Waals surface area contributed by atoms with Crippen LogP contribution in [0.25, 0.3) is 0 Å². The van der Waals surface area contributed by atoms with Gasteiger partial charge in [-0.1, -0.05) is 12.1 Å². The zero-order valence-electron chi connectivity index (χ0n) is 19.6. The van der Waals surface area contributed by atoms with Crippen molar-refractivity contribution in [2.24, 2.45) is 0 Å². The van der Waals surface area contributed by atoms with Gasteiger partial charge in [0.05, 0.1) is 29.1 Å². The van der Waals surface area contributed by atoms with Crippen LogP contribution in [0.1, 0.15) is 54.1 Å². The maximum absolute atomic E-state index is 14.3. The van der Waals surface area contributed by atoms with Crippen LogP contribution in [0.3, 0.4) is 0 Å². The molecule has 1 aromatic heterocycles. The van der Waals surface area contributed by atoms with Crippen molar-refractivity contribution in [3.63, 3.8) is 0 Å². The summed E-state index contributed by atoms with van der Waals surface area (Å²) in [5.74, 6) is -1.15. The normalized spacial score (nSPS) is 11.7. The molecule has 1 heterocycles. The van der Waals surface area contributed by atoms with E-state index in [-0.39, 0.29) is 27.7 Å². The number of thiazole rings is 1. The monoisotopic (exact) mass is 520 g/mol. The molecule has 0 spiro atoms. The lowest BCUT2D eigenvalue weighted by Crippen LogP contribution is -2.32. The van der Waals surface area contributed by atoms with E-state index < -0.39 is 27.4 Å². The topological polar surface area (TPSA) is 103 Å². The summed E-state index contributed by atoms with van der Waals surface area (Å²) in [5, 5.41) is 0.0213. The highest BCUT2D eigenvalue weighted by atomic mass is 32.2. The van der Waals surface area contributed by atoms with Gasteiger partial charge in [0.15, 0.2) is 12.0 Å². The quantitative estimate of drug-likeness (QED) is 0.294. The number of anilines is 1. The van der Waals surface area contributed by atoms with E-state index in [9.17, 15) is 22.4 Å². The lowest BCUT2D eigenvalue weighted by molar-refractivity contribution is 0.00645. The van der Waals surface area contributed by atoms with E-state index >= 15 is 0 Å². The lowest BCUT2D eigenvalue weighted by atomic mass is 10.2. The molecular weight excluding hydrogens is 495 g/mol. The maximum Gasteiger partial charge on any atom is 0.360 e. The molecule has 0 aliphatic carbocycles. The molecule has 0 aliphatic rings. The first-order valence-electron chi connectivity index (χ1n) is 10.6. The first-order chi connectivity index (χ1) is 16.5. The number of rotatable bonds is 9. The van der Waals surface area contributed by atoms with Gasteiger partial charge in [0, 0.05) is 0 Å². The van der Waals surface area contributed by atoms with Crippen LogP contribution in [0, 0.1) is 5.82 Å². The second kappa shape index (κ2) is 10.5. The summed E-state index contributed by atoms with van der Waals surface area (Å²) in [6.45, 7) is 7.19. The number of halogens is 1.